The number of halogens is 1. The Labute approximate surface area is 325 Å². The zero-order valence-electron chi connectivity index (χ0n) is 31.0. The molecule has 6 heteroatoms. The summed E-state index contributed by atoms with van der Waals surface area (Å²) in [6.07, 6.45) is 13.3. The van der Waals surface area contributed by atoms with Gasteiger partial charge in [-0.1, -0.05) is 80.6 Å². The van der Waals surface area contributed by atoms with Crippen LogP contribution in [0.4, 0.5) is 11.4 Å². The molecule has 2 heterocycles. The molecule has 0 fully saturated rings. The van der Waals surface area contributed by atoms with Crippen molar-refractivity contribution in [2.24, 2.45) is 4.99 Å². The molecule has 4 nitrogen and oxygen atoms in total. The summed E-state index contributed by atoms with van der Waals surface area (Å²) in [7, 11) is 0. The first-order valence-electron chi connectivity index (χ1n) is 18.4. The van der Waals surface area contributed by atoms with Gasteiger partial charge in [-0.3, -0.25) is 0 Å². The Morgan fingerprint density at radius 3 is 2.40 bits per heavy atom. The van der Waals surface area contributed by atoms with Crippen LogP contribution < -0.4 is 26.6 Å². The Balaban J connectivity index is 0.00000464. The van der Waals surface area contributed by atoms with Crippen molar-refractivity contribution in [2.75, 3.05) is 24.5 Å². The van der Waals surface area contributed by atoms with Gasteiger partial charge in [0.15, 0.2) is 12.3 Å². The van der Waals surface area contributed by atoms with Crippen LogP contribution in [-0.4, -0.2) is 35.1 Å². The summed E-state index contributed by atoms with van der Waals surface area (Å²) in [6, 6.07) is 32.4. The molecule has 52 heavy (non-hydrogen) atoms. The second-order valence-corrected chi connectivity index (χ2v) is 14.9. The van der Waals surface area contributed by atoms with Gasteiger partial charge in [0, 0.05) is 47.5 Å². The zero-order chi connectivity index (χ0) is 35.6. The number of hydrogen-bond donors (Lipinski definition) is 0. The number of nitrogens with zero attached hydrogens (tertiary/aromatic N) is 3. The molecule has 0 N–H and O–H groups in total. The molecule has 266 valence electrons. The van der Waals surface area contributed by atoms with E-state index in [2.05, 4.69) is 151 Å². The number of likely N-dealkylation sites (N-methyl/N-ethyl adjacent to an activating group) is 1. The lowest BCUT2D eigenvalue weighted by Gasteiger charge is -2.26. The summed E-state index contributed by atoms with van der Waals surface area (Å²) in [4.78, 5) is 6.69. The van der Waals surface area contributed by atoms with E-state index in [0.29, 0.717) is 6.54 Å². The fourth-order valence-electron chi connectivity index (χ4n) is 8.43. The fourth-order valence-corrected chi connectivity index (χ4v) is 8.52. The Morgan fingerprint density at radius 1 is 0.865 bits per heavy atom. The van der Waals surface area contributed by atoms with Crippen molar-refractivity contribution in [3.8, 4) is 5.75 Å². The van der Waals surface area contributed by atoms with Gasteiger partial charge in [0.1, 0.15) is 11.5 Å². The maximum atomic E-state index is 6.83. The van der Waals surface area contributed by atoms with Gasteiger partial charge >= 0.3 is 0 Å². The van der Waals surface area contributed by atoms with Crippen LogP contribution in [0.3, 0.4) is 0 Å². The van der Waals surface area contributed by atoms with Crippen molar-refractivity contribution in [2.45, 2.75) is 71.1 Å². The summed E-state index contributed by atoms with van der Waals surface area (Å²) in [6.45, 7) is 14.1. The van der Waals surface area contributed by atoms with Crippen molar-refractivity contribution in [1.29, 1.82) is 0 Å². The third kappa shape index (κ3) is 6.92. The molecule has 2 aliphatic heterocycles. The summed E-state index contributed by atoms with van der Waals surface area (Å²) >= 11 is 4.87. The molecule has 4 aromatic rings. The standard InChI is InChI=1S/C46H48N3OS.BrH/c1-6-48-39-23-13-12-22-38(39)45(2,3)41(48)28-25-34-17-14-18-35(44(34)50-36-19-8-7-9-20-36)26-29-42-46(4,5)43-37-21-11-10-16-33(37)24-27-40(43)49(42)31-15-30-47-32-51;/h7-13,16,19-29H,6,14-15,17-18,30-31H2,1-5H3;1H/q+1;/p-1. The van der Waals surface area contributed by atoms with Crippen LogP contribution in [0, 0.1) is 0 Å². The molecule has 0 atom stereocenters. The van der Waals surface area contributed by atoms with E-state index in [-0.39, 0.29) is 27.8 Å². The van der Waals surface area contributed by atoms with E-state index in [1.165, 1.54) is 55.8 Å². The van der Waals surface area contributed by atoms with Gasteiger partial charge in [0.05, 0.1) is 17.1 Å². The predicted molar refractivity (Wildman–Crippen MR) is 217 cm³/mol. The number of rotatable bonds is 10. The summed E-state index contributed by atoms with van der Waals surface area (Å²) in [5, 5.41) is 5.12. The first kappa shape index (κ1) is 37.4. The molecular weight excluding hydrogens is 722 g/mol. The van der Waals surface area contributed by atoms with Crippen LogP contribution >= 0.6 is 12.2 Å². The molecule has 0 bridgehead atoms. The highest BCUT2D eigenvalue weighted by Gasteiger charge is 2.45. The van der Waals surface area contributed by atoms with Gasteiger partial charge in [-0.25, -0.2) is 4.99 Å². The minimum Gasteiger partial charge on any atom is -1.00 e. The van der Waals surface area contributed by atoms with Gasteiger partial charge in [-0.2, -0.15) is 4.58 Å². The van der Waals surface area contributed by atoms with Crippen LogP contribution in [0.15, 0.2) is 143 Å². The highest BCUT2D eigenvalue weighted by molar-refractivity contribution is 7.78. The zero-order valence-corrected chi connectivity index (χ0v) is 33.4. The number of benzene rings is 4. The van der Waals surface area contributed by atoms with E-state index in [0.717, 1.165) is 50.3 Å². The largest absolute Gasteiger partial charge is 1.00 e. The molecule has 0 saturated heterocycles. The molecule has 0 unspecified atom stereocenters. The fraction of sp³-hybridized carbons (Fsp3) is 0.304. The first-order chi connectivity index (χ1) is 24.8. The molecular formula is C46H48BrN3OS. The smallest absolute Gasteiger partial charge is 0.210 e. The van der Waals surface area contributed by atoms with Crippen LogP contribution in [0.25, 0.3) is 10.8 Å². The number of anilines is 1. The second kappa shape index (κ2) is 15.7. The number of thiocarbonyl (C=S) groups is 1. The number of fused-ring (bicyclic) bond motifs is 4. The Morgan fingerprint density at radius 2 is 1.62 bits per heavy atom. The summed E-state index contributed by atoms with van der Waals surface area (Å²) in [5.41, 5.74) is 10.1. The maximum Gasteiger partial charge on any atom is 0.210 e. The SMILES string of the molecule is CCN1/C(=C/C=C2\CCCC(/C=C/C3=[N+](CCCN=C=S)c4ccc5ccccc5c4C3(C)C)=C2Oc2ccccc2)C(C)(C)c2ccccc21.[Br-]. The minimum absolute atomic E-state index is 0. The van der Waals surface area contributed by atoms with Gasteiger partial charge in [-0.15, -0.1) is 0 Å². The van der Waals surface area contributed by atoms with E-state index < -0.39 is 0 Å². The Hall–Kier alpha value is -4.35. The molecule has 4 aromatic carbocycles. The van der Waals surface area contributed by atoms with Crippen molar-refractivity contribution >= 4 is 45.2 Å². The molecule has 0 amide bonds. The number of aliphatic imine (C=N–C) groups is 1. The van der Waals surface area contributed by atoms with E-state index in [4.69, 9.17) is 17.0 Å². The molecule has 3 aliphatic rings. The summed E-state index contributed by atoms with van der Waals surface area (Å²) < 4.78 is 9.33. The molecule has 0 aromatic heterocycles. The van der Waals surface area contributed by atoms with Crippen LogP contribution in [-0.2, 0) is 10.8 Å². The number of ether oxygens (including phenoxy) is 1. The first-order valence-corrected chi connectivity index (χ1v) is 18.8. The average molecular weight is 771 g/mol. The molecule has 0 saturated carbocycles. The highest BCUT2D eigenvalue weighted by atomic mass is 79.9. The lowest BCUT2D eigenvalue weighted by Crippen LogP contribution is -3.00. The number of para-hydroxylation sites is 2. The van der Waals surface area contributed by atoms with Crippen molar-refractivity contribution in [3.63, 3.8) is 0 Å². The monoisotopic (exact) mass is 769 g/mol. The van der Waals surface area contributed by atoms with Crippen LogP contribution in [0.2, 0.25) is 0 Å². The summed E-state index contributed by atoms with van der Waals surface area (Å²) in [5.74, 6) is 1.83. The van der Waals surface area contributed by atoms with Crippen molar-refractivity contribution in [3.05, 3.63) is 149 Å². The topological polar surface area (TPSA) is 27.8 Å². The van der Waals surface area contributed by atoms with Gasteiger partial charge in [-0.05, 0) is 116 Å². The van der Waals surface area contributed by atoms with Crippen molar-refractivity contribution in [1.82, 2.24) is 0 Å². The molecule has 1 aliphatic carbocycles. The second-order valence-electron chi connectivity index (χ2n) is 14.8. The molecule has 7 rings (SSSR count). The maximum absolute atomic E-state index is 6.83. The third-order valence-electron chi connectivity index (χ3n) is 10.9. The third-order valence-corrected chi connectivity index (χ3v) is 11.0. The Bertz CT molecular complexity index is 2180. The number of isothiocyanates is 1. The van der Waals surface area contributed by atoms with E-state index in [9.17, 15) is 0 Å². The van der Waals surface area contributed by atoms with Crippen LogP contribution in [0.5, 0.6) is 5.75 Å². The predicted octanol–water partition coefficient (Wildman–Crippen LogP) is 8.41. The van der Waals surface area contributed by atoms with E-state index in [1.807, 2.05) is 18.2 Å². The van der Waals surface area contributed by atoms with Crippen LogP contribution in [0.1, 0.15) is 71.4 Å². The highest BCUT2D eigenvalue weighted by Crippen LogP contribution is 2.48. The normalized spacial score (nSPS) is 18.9. The van der Waals surface area contributed by atoms with E-state index >= 15 is 0 Å². The molecule has 0 spiro atoms. The quantitative estimate of drug-likeness (QED) is 0.0702. The van der Waals surface area contributed by atoms with E-state index in [1.54, 1.807) is 0 Å². The Kier molecular flexibility index (Phi) is 11.3. The van der Waals surface area contributed by atoms with Crippen molar-refractivity contribution < 1.29 is 26.3 Å². The van der Waals surface area contributed by atoms with Gasteiger partial charge < -0.3 is 26.6 Å². The molecule has 0 radical (unpaired) electrons. The number of hydrogen-bond acceptors (Lipinski definition) is 4. The average Bonchev–Trinajstić information content (AvgIpc) is 3.50. The lowest BCUT2D eigenvalue weighted by atomic mass is 9.78. The van der Waals surface area contributed by atoms with Gasteiger partial charge in [0.25, 0.3) is 0 Å². The lowest BCUT2D eigenvalue weighted by molar-refractivity contribution is -0.437. The number of allylic oxidation sites excluding steroid dienone is 7. The van der Waals surface area contributed by atoms with Gasteiger partial charge in [0.2, 0.25) is 5.69 Å². The minimum atomic E-state index is -0.203.